The highest BCUT2D eigenvalue weighted by atomic mass is 35.5. The lowest BCUT2D eigenvalue weighted by molar-refractivity contribution is -0.136. The van der Waals surface area contributed by atoms with Gasteiger partial charge >= 0.3 is 5.97 Å². The molecule has 0 radical (unpaired) electrons. The normalized spacial score (nSPS) is 11.1. The molecule has 0 saturated carbocycles. The molecule has 0 saturated heterocycles. The van der Waals surface area contributed by atoms with E-state index in [2.05, 4.69) is 0 Å². The smallest absolute Gasteiger partial charge is 0.307 e. The monoisotopic (exact) mass is 363 g/mol. The Balaban J connectivity index is 2.32. The predicted molar refractivity (Wildman–Crippen MR) is 93.5 cm³/mol. The van der Waals surface area contributed by atoms with E-state index in [9.17, 15) is 19.8 Å². The van der Waals surface area contributed by atoms with Crippen LogP contribution in [0, 0.1) is 13.8 Å². The summed E-state index contributed by atoms with van der Waals surface area (Å²) in [5, 5.41) is 21.3. The lowest BCUT2D eigenvalue weighted by Gasteiger charge is -2.06. The van der Waals surface area contributed by atoms with E-state index < -0.39 is 5.97 Å². The van der Waals surface area contributed by atoms with Gasteiger partial charge < -0.3 is 10.2 Å². The van der Waals surface area contributed by atoms with Crippen molar-refractivity contribution in [2.75, 3.05) is 0 Å². The van der Waals surface area contributed by atoms with Gasteiger partial charge in [0.2, 0.25) is 0 Å². The topological polar surface area (TPSA) is 79.5 Å². The summed E-state index contributed by atoms with van der Waals surface area (Å²) in [4.78, 5) is 25.1. The van der Waals surface area contributed by atoms with E-state index in [0.29, 0.717) is 27.7 Å². The fraction of sp³-hybridized carbons (Fsp3) is 0.176. The van der Waals surface area contributed by atoms with Gasteiger partial charge in [0.1, 0.15) is 5.75 Å². The minimum Gasteiger partial charge on any atom is -0.506 e. The van der Waals surface area contributed by atoms with Gasteiger partial charge in [0.05, 0.1) is 22.5 Å². The molecule has 0 aliphatic carbocycles. The van der Waals surface area contributed by atoms with Crippen molar-refractivity contribution >= 4 is 45.7 Å². The maximum absolute atomic E-state index is 12.9. The second kappa shape index (κ2) is 5.96. The molecule has 2 heterocycles. The number of carbonyl (C=O) groups is 2. The standard InChI is InChI=1S/C17H14ClNO4S/c1-8-5-10(7-24-8)17(23)19-9(2)11(6-14(21)22)15-12(19)3-4-13(20)16(15)18/h3-5,7,20H,6H2,1-2H3,(H,21,22). The summed E-state index contributed by atoms with van der Waals surface area (Å²) in [6.07, 6.45) is -0.283. The van der Waals surface area contributed by atoms with Crippen molar-refractivity contribution in [3.63, 3.8) is 0 Å². The van der Waals surface area contributed by atoms with E-state index in [1.807, 2.05) is 6.92 Å². The van der Waals surface area contributed by atoms with Gasteiger partial charge in [-0.2, -0.15) is 0 Å². The first-order chi connectivity index (χ1) is 11.3. The molecule has 0 aliphatic heterocycles. The van der Waals surface area contributed by atoms with E-state index in [4.69, 9.17) is 11.6 Å². The average Bonchev–Trinajstić information content (AvgIpc) is 3.05. The van der Waals surface area contributed by atoms with Crippen LogP contribution < -0.4 is 0 Å². The number of aliphatic carboxylic acids is 1. The number of phenols is 1. The highest BCUT2D eigenvalue weighted by Gasteiger charge is 2.24. The summed E-state index contributed by atoms with van der Waals surface area (Å²) in [5.41, 5.74) is 1.96. The van der Waals surface area contributed by atoms with Crippen LogP contribution in [0.15, 0.2) is 23.6 Å². The first kappa shape index (κ1) is 16.5. The van der Waals surface area contributed by atoms with Crippen LogP contribution in [0.25, 0.3) is 10.9 Å². The van der Waals surface area contributed by atoms with Gasteiger partial charge in [-0.1, -0.05) is 11.6 Å². The number of thiophene rings is 1. The molecule has 0 spiro atoms. The lowest BCUT2D eigenvalue weighted by atomic mass is 10.1. The number of nitrogens with zero attached hydrogens (tertiary/aromatic N) is 1. The van der Waals surface area contributed by atoms with E-state index in [-0.39, 0.29) is 23.1 Å². The molecule has 0 atom stereocenters. The number of rotatable bonds is 3. The summed E-state index contributed by atoms with van der Waals surface area (Å²) in [5.74, 6) is -1.43. The highest BCUT2D eigenvalue weighted by Crippen LogP contribution is 2.38. The maximum Gasteiger partial charge on any atom is 0.307 e. The lowest BCUT2D eigenvalue weighted by Crippen LogP contribution is -2.13. The average molecular weight is 364 g/mol. The fourth-order valence-electron chi connectivity index (χ4n) is 2.84. The molecule has 24 heavy (non-hydrogen) atoms. The summed E-state index contributed by atoms with van der Waals surface area (Å²) in [7, 11) is 0. The number of fused-ring (bicyclic) bond motifs is 1. The molecule has 3 rings (SSSR count). The number of carboxylic acids is 1. The van der Waals surface area contributed by atoms with Crippen LogP contribution in [-0.2, 0) is 11.2 Å². The van der Waals surface area contributed by atoms with E-state index in [0.717, 1.165) is 4.88 Å². The largest absolute Gasteiger partial charge is 0.506 e. The number of phenolic OH excluding ortho intramolecular Hbond substituents is 1. The number of carbonyl (C=O) groups excluding carboxylic acids is 1. The van der Waals surface area contributed by atoms with Gasteiger partial charge in [0, 0.05) is 21.3 Å². The summed E-state index contributed by atoms with van der Waals surface area (Å²) in [6.45, 7) is 3.59. The Morgan fingerprint density at radius 3 is 2.58 bits per heavy atom. The molecule has 2 aromatic heterocycles. The molecule has 0 bridgehead atoms. The quantitative estimate of drug-likeness (QED) is 0.737. The van der Waals surface area contributed by atoms with Crippen LogP contribution in [0.2, 0.25) is 5.02 Å². The molecule has 124 valence electrons. The Labute approximate surface area is 146 Å². The summed E-state index contributed by atoms with van der Waals surface area (Å²) < 4.78 is 1.46. The van der Waals surface area contributed by atoms with Crippen molar-refractivity contribution in [2.24, 2.45) is 0 Å². The molecule has 3 aromatic rings. The third-order valence-corrected chi connectivity index (χ3v) is 5.17. The van der Waals surface area contributed by atoms with Crippen molar-refractivity contribution in [3.8, 4) is 5.75 Å². The van der Waals surface area contributed by atoms with Crippen molar-refractivity contribution in [2.45, 2.75) is 20.3 Å². The zero-order chi connectivity index (χ0) is 17.6. The van der Waals surface area contributed by atoms with Crippen molar-refractivity contribution in [1.82, 2.24) is 4.57 Å². The second-order valence-corrected chi connectivity index (χ2v) is 7.01. The van der Waals surface area contributed by atoms with Crippen molar-refractivity contribution < 1.29 is 19.8 Å². The van der Waals surface area contributed by atoms with E-state index in [1.54, 1.807) is 24.4 Å². The number of hydrogen-bond donors (Lipinski definition) is 2. The Morgan fingerprint density at radius 1 is 1.29 bits per heavy atom. The summed E-state index contributed by atoms with van der Waals surface area (Å²) in [6, 6.07) is 4.76. The van der Waals surface area contributed by atoms with Gasteiger partial charge in [-0.25, -0.2) is 0 Å². The van der Waals surface area contributed by atoms with Crippen LogP contribution in [0.1, 0.15) is 26.5 Å². The third kappa shape index (κ3) is 2.57. The van der Waals surface area contributed by atoms with Gasteiger partial charge in [0.15, 0.2) is 0 Å². The van der Waals surface area contributed by atoms with Crippen LogP contribution in [0.5, 0.6) is 5.75 Å². The van der Waals surface area contributed by atoms with Gasteiger partial charge in [-0.3, -0.25) is 14.2 Å². The van der Waals surface area contributed by atoms with Crippen LogP contribution in [-0.4, -0.2) is 26.7 Å². The molecule has 0 aliphatic rings. The molecule has 1 aromatic carbocycles. The van der Waals surface area contributed by atoms with Crippen molar-refractivity contribution in [3.05, 3.63) is 50.3 Å². The number of aryl methyl sites for hydroxylation is 1. The van der Waals surface area contributed by atoms with Gasteiger partial charge in [0.25, 0.3) is 5.91 Å². The maximum atomic E-state index is 12.9. The Morgan fingerprint density at radius 2 is 2.00 bits per heavy atom. The van der Waals surface area contributed by atoms with Crippen LogP contribution >= 0.6 is 22.9 Å². The van der Waals surface area contributed by atoms with E-state index >= 15 is 0 Å². The van der Waals surface area contributed by atoms with Crippen LogP contribution in [0.4, 0.5) is 0 Å². The number of carboxylic acid groups (broad SMARTS) is 1. The van der Waals surface area contributed by atoms with Gasteiger partial charge in [-0.05, 0) is 37.6 Å². The molecule has 0 unspecified atom stereocenters. The zero-order valence-electron chi connectivity index (χ0n) is 13.0. The molecular weight excluding hydrogens is 350 g/mol. The van der Waals surface area contributed by atoms with E-state index in [1.165, 1.54) is 22.0 Å². The third-order valence-electron chi connectivity index (χ3n) is 3.92. The minimum absolute atomic E-state index is 0.0555. The molecule has 5 nitrogen and oxygen atoms in total. The number of aromatic hydroxyl groups is 1. The molecule has 0 amide bonds. The Bertz CT molecular complexity index is 986. The molecule has 0 fully saturated rings. The Hall–Kier alpha value is -2.31. The van der Waals surface area contributed by atoms with Crippen LogP contribution in [0.3, 0.4) is 0 Å². The predicted octanol–water partition coefficient (Wildman–Crippen LogP) is 3.99. The second-order valence-electron chi connectivity index (χ2n) is 5.51. The summed E-state index contributed by atoms with van der Waals surface area (Å²) >= 11 is 7.66. The Kier molecular flexibility index (Phi) is 4.11. The van der Waals surface area contributed by atoms with Crippen molar-refractivity contribution in [1.29, 1.82) is 0 Å². The molecule has 2 N–H and O–H groups in total. The SMILES string of the molecule is Cc1cc(C(=O)n2c(C)c(CC(=O)O)c3c(Cl)c(O)ccc32)cs1. The molecule has 7 heteroatoms. The highest BCUT2D eigenvalue weighted by molar-refractivity contribution is 7.10. The minimum atomic E-state index is -1.03. The van der Waals surface area contributed by atoms with Gasteiger partial charge in [-0.15, -0.1) is 11.3 Å². The first-order valence-corrected chi connectivity index (χ1v) is 8.40. The number of aromatic nitrogens is 1. The molecular formula is C17H14ClNO4S. The fourth-order valence-corrected chi connectivity index (χ4v) is 3.79. The number of halogens is 1. The zero-order valence-corrected chi connectivity index (χ0v) is 14.5. The number of hydrogen-bond acceptors (Lipinski definition) is 4. The number of benzene rings is 1. The first-order valence-electron chi connectivity index (χ1n) is 7.14.